The molecule has 23 heavy (non-hydrogen) atoms. The molecule has 0 unspecified atom stereocenters. The highest BCUT2D eigenvalue weighted by Crippen LogP contribution is 2.05. The molecule has 0 aliphatic rings. The highest BCUT2D eigenvalue weighted by atomic mass is 32.2. The van der Waals surface area contributed by atoms with E-state index in [1.807, 2.05) is 7.05 Å². The van der Waals surface area contributed by atoms with Crippen molar-refractivity contribution in [3.8, 4) is 0 Å². The summed E-state index contributed by atoms with van der Waals surface area (Å²) in [6, 6.07) is 0. The topological polar surface area (TPSA) is 95.1 Å². The maximum absolute atomic E-state index is 10.8. The molecule has 0 saturated heterocycles. The minimum absolute atomic E-state index is 0.506. The maximum Gasteiger partial charge on any atom is 0.243 e. The molecule has 1 aromatic heterocycles. The molecule has 1 aromatic rings. The van der Waals surface area contributed by atoms with Crippen molar-refractivity contribution in [3.63, 3.8) is 0 Å². The van der Waals surface area contributed by atoms with E-state index in [0.717, 1.165) is 12.6 Å². The molecule has 0 atom stereocenters. The molecule has 1 heterocycles. The van der Waals surface area contributed by atoms with Gasteiger partial charge in [-0.1, -0.05) is 19.9 Å². The second-order valence-corrected chi connectivity index (χ2v) is 7.35. The Hall–Kier alpha value is -1.67. The first-order valence-electron chi connectivity index (χ1n) is 7.38. The third-order valence-corrected chi connectivity index (χ3v) is 3.85. The second-order valence-electron chi connectivity index (χ2n) is 5.95. The molecule has 0 fully saturated rings. The molecule has 0 aromatic carbocycles. The Morgan fingerprint density at radius 2 is 2.09 bits per heavy atom. The van der Waals surface area contributed by atoms with E-state index in [0.29, 0.717) is 0 Å². The van der Waals surface area contributed by atoms with Crippen molar-refractivity contribution in [1.29, 1.82) is 0 Å². The van der Waals surface area contributed by atoms with Crippen LogP contribution in [0.4, 0.5) is 0 Å². The number of carbonyl (C=O) groups is 1. The van der Waals surface area contributed by atoms with Crippen LogP contribution in [0.25, 0.3) is 0 Å². The molecule has 0 spiro atoms. The number of nitrogens with one attached hydrogen (secondary N) is 1. The van der Waals surface area contributed by atoms with Gasteiger partial charge in [-0.2, -0.15) is 0 Å². The Bertz CT molecular complexity index is 606. The lowest BCUT2D eigenvalue weighted by molar-refractivity contribution is -0.671. The van der Waals surface area contributed by atoms with Crippen molar-refractivity contribution in [2.24, 2.45) is 7.05 Å². The normalized spacial score (nSPS) is 11.3. The summed E-state index contributed by atoms with van der Waals surface area (Å²) in [4.78, 5) is 10.8. The quantitative estimate of drug-likeness (QED) is 0.448. The lowest BCUT2D eigenvalue weighted by Gasteiger charge is -2.26. The lowest BCUT2D eigenvalue weighted by atomic mass is 10.1. The van der Waals surface area contributed by atoms with Crippen LogP contribution >= 0.6 is 0 Å². The van der Waals surface area contributed by atoms with E-state index in [4.69, 9.17) is 0 Å². The van der Waals surface area contributed by atoms with Gasteiger partial charge in [-0.3, -0.25) is 4.79 Å². The van der Waals surface area contributed by atoms with Crippen molar-refractivity contribution in [3.05, 3.63) is 31.4 Å². The van der Waals surface area contributed by atoms with E-state index in [-0.39, 0.29) is 0 Å². The summed E-state index contributed by atoms with van der Waals surface area (Å²) in [5.41, 5.74) is -1.06. The fourth-order valence-electron chi connectivity index (χ4n) is 1.84. The highest BCUT2D eigenvalue weighted by molar-refractivity contribution is 7.85. The Morgan fingerprint density at radius 3 is 2.48 bits per heavy atom. The monoisotopic (exact) mass is 345 g/mol. The van der Waals surface area contributed by atoms with E-state index in [1.165, 1.54) is 26.7 Å². The molecular formula is C15H27N3O4S. The molecule has 1 N–H and O–H groups in total. The van der Waals surface area contributed by atoms with Crippen LogP contribution in [0.3, 0.4) is 0 Å². The predicted molar refractivity (Wildman–Crippen MR) is 87.5 cm³/mol. The molecule has 0 bridgehead atoms. The highest BCUT2D eigenvalue weighted by Gasteiger charge is 2.22. The number of imidazole rings is 1. The van der Waals surface area contributed by atoms with Crippen molar-refractivity contribution in [2.45, 2.75) is 45.7 Å². The third kappa shape index (κ3) is 11.5. The van der Waals surface area contributed by atoms with Crippen molar-refractivity contribution >= 4 is 16.0 Å². The minimum atomic E-state index is -4.33. The SMILES string of the molecule is C=CC(=O)NC(C)(C)CS(=O)(=O)[O-].CCCCn1cc[n+](C)c1. The zero-order valence-corrected chi connectivity index (χ0v) is 15.1. The van der Waals surface area contributed by atoms with E-state index in [9.17, 15) is 17.8 Å². The standard InChI is InChI=1S/C8H15N2.C7H13NO4S/c1-3-4-5-10-7-6-9(2)8-10;1-4-6(9)8-7(2,3)5-13(10,11)12/h6-8H,3-5H2,1-2H3;4H,1,5H2,2-3H3,(H,8,9)(H,10,11,12)/q+1;/p-1. The van der Waals surface area contributed by atoms with Gasteiger partial charge in [0.05, 0.1) is 29.5 Å². The van der Waals surface area contributed by atoms with Crippen LogP contribution in [0.1, 0.15) is 33.6 Å². The van der Waals surface area contributed by atoms with Gasteiger partial charge < -0.3 is 9.87 Å². The van der Waals surface area contributed by atoms with E-state index in [2.05, 4.69) is 46.7 Å². The smallest absolute Gasteiger partial charge is 0.243 e. The largest absolute Gasteiger partial charge is 0.748 e. The number of aromatic nitrogens is 2. The molecular weight excluding hydrogens is 318 g/mol. The van der Waals surface area contributed by atoms with Crippen LogP contribution < -0.4 is 9.88 Å². The number of rotatable bonds is 7. The number of unbranched alkanes of at least 4 members (excludes halogenated alkanes) is 1. The Balaban J connectivity index is 0.000000433. The fourth-order valence-corrected chi connectivity index (χ4v) is 2.79. The van der Waals surface area contributed by atoms with Crippen LogP contribution in [0, 0.1) is 0 Å². The van der Waals surface area contributed by atoms with Crippen molar-refractivity contribution < 1.29 is 22.3 Å². The zero-order valence-electron chi connectivity index (χ0n) is 14.3. The molecule has 8 heteroatoms. The van der Waals surface area contributed by atoms with E-state index >= 15 is 0 Å². The first kappa shape index (κ1) is 21.3. The molecule has 0 aliphatic carbocycles. The van der Waals surface area contributed by atoms with Crippen molar-refractivity contribution in [2.75, 3.05) is 5.75 Å². The maximum atomic E-state index is 10.8. The van der Waals surface area contributed by atoms with Crippen LogP contribution in [0.15, 0.2) is 31.4 Å². The summed E-state index contributed by atoms with van der Waals surface area (Å²) in [6.45, 7) is 9.46. The van der Waals surface area contributed by atoms with Crippen LogP contribution in [0.5, 0.6) is 0 Å². The minimum Gasteiger partial charge on any atom is -0.748 e. The summed E-state index contributed by atoms with van der Waals surface area (Å²) in [5, 5.41) is 2.33. The first-order chi connectivity index (χ1) is 10.5. The summed E-state index contributed by atoms with van der Waals surface area (Å²) >= 11 is 0. The van der Waals surface area contributed by atoms with Gasteiger partial charge in [-0.05, 0) is 26.3 Å². The number of hydrogen-bond acceptors (Lipinski definition) is 4. The zero-order chi connectivity index (χ0) is 18.1. The summed E-state index contributed by atoms with van der Waals surface area (Å²) in [5.74, 6) is -1.15. The van der Waals surface area contributed by atoms with Gasteiger partial charge in [0.15, 0.2) is 0 Å². The summed E-state index contributed by atoms with van der Waals surface area (Å²) in [6.07, 6.45) is 9.83. The summed E-state index contributed by atoms with van der Waals surface area (Å²) < 4.78 is 35.4. The Kier molecular flexibility index (Phi) is 8.78. The molecule has 0 aliphatic heterocycles. The second kappa shape index (κ2) is 9.46. The first-order valence-corrected chi connectivity index (χ1v) is 8.96. The number of nitrogens with zero attached hydrogens (tertiary/aromatic N) is 2. The van der Waals surface area contributed by atoms with Gasteiger partial charge in [0.25, 0.3) is 0 Å². The Labute approximate surface area is 138 Å². The van der Waals surface area contributed by atoms with Crippen LogP contribution in [0.2, 0.25) is 0 Å². The van der Waals surface area contributed by atoms with Gasteiger partial charge >= 0.3 is 0 Å². The number of amides is 1. The Morgan fingerprint density at radius 1 is 1.48 bits per heavy atom. The van der Waals surface area contributed by atoms with Crippen LogP contribution in [-0.2, 0) is 28.5 Å². The average Bonchev–Trinajstić information content (AvgIpc) is 2.79. The molecule has 1 rings (SSSR count). The van der Waals surface area contributed by atoms with Gasteiger partial charge in [0.1, 0.15) is 12.4 Å². The average molecular weight is 345 g/mol. The van der Waals surface area contributed by atoms with Gasteiger partial charge in [-0.15, -0.1) is 0 Å². The predicted octanol–water partition coefficient (Wildman–Crippen LogP) is 0.725. The number of aryl methyl sites for hydroxylation is 2. The fraction of sp³-hybridized carbons (Fsp3) is 0.600. The summed E-state index contributed by atoms with van der Waals surface area (Å²) in [7, 11) is -2.29. The van der Waals surface area contributed by atoms with E-state index < -0.39 is 27.3 Å². The molecule has 7 nitrogen and oxygen atoms in total. The van der Waals surface area contributed by atoms with E-state index in [1.54, 1.807) is 0 Å². The number of hydrogen-bond donors (Lipinski definition) is 1. The van der Waals surface area contributed by atoms with Crippen LogP contribution in [-0.4, -0.2) is 34.7 Å². The number of carbonyl (C=O) groups excluding carboxylic acids is 1. The molecule has 1 amide bonds. The van der Waals surface area contributed by atoms with Gasteiger partial charge in [0, 0.05) is 5.54 Å². The molecule has 0 saturated carbocycles. The van der Waals surface area contributed by atoms with Gasteiger partial charge in [0.2, 0.25) is 12.2 Å². The third-order valence-electron chi connectivity index (χ3n) is 2.78. The lowest BCUT2D eigenvalue weighted by Crippen LogP contribution is -2.47. The molecule has 0 radical (unpaired) electrons. The van der Waals surface area contributed by atoms with Crippen molar-refractivity contribution in [1.82, 2.24) is 9.88 Å². The van der Waals surface area contributed by atoms with Gasteiger partial charge in [-0.25, -0.2) is 17.6 Å². The molecule has 132 valence electrons.